The summed E-state index contributed by atoms with van der Waals surface area (Å²) in [5.41, 5.74) is 1.08. The quantitative estimate of drug-likeness (QED) is 0.486. The Balaban J connectivity index is 1.51. The van der Waals surface area contributed by atoms with E-state index in [-0.39, 0.29) is 31.2 Å². The van der Waals surface area contributed by atoms with Crippen LogP contribution in [-0.2, 0) is 22.6 Å². The number of carbonyl (C=O) groups is 1. The average Bonchev–Trinajstić information content (AvgIpc) is 3.08. The standard InChI is InChI=1S/C18H14ClFN2O3/c19-16-6-5-12(9-21-16)11-24-18(23)8-7-17-22-10-15(25-17)13-3-1-2-4-14(13)20/h1-6,9-10H,7-8,11H2. The highest BCUT2D eigenvalue weighted by Gasteiger charge is 2.12. The molecule has 0 bridgehead atoms. The highest BCUT2D eigenvalue weighted by molar-refractivity contribution is 6.29. The van der Waals surface area contributed by atoms with Crippen molar-refractivity contribution in [2.45, 2.75) is 19.4 Å². The van der Waals surface area contributed by atoms with E-state index < -0.39 is 0 Å². The molecule has 128 valence electrons. The summed E-state index contributed by atoms with van der Waals surface area (Å²) in [5, 5.41) is 0.379. The Morgan fingerprint density at radius 2 is 2.00 bits per heavy atom. The van der Waals surface area contributed by atoms with Crippen molar-refractivity contribution in [1.29, 1.82) is 0 Å². The number of hydrogen-bond acceptors (Lipinski definition) is 5. The lowest BCUT2D eigenvalue weighted by atomic mass is 10.2. The van der Waals surface area contributed by atoms with Crippen LogP contribution in [0, 0.1) is 5.82 Å². The molecule has 3 aromatic rings. The minimum absolute atomic E-state index is 0.109. The van der Waals surface area contributed by atoms with Crippen LogP contribution in [0.4, 0.5) is 4.39 Å². The van der Waals surface area contributed by atoms with Crippen LogP contribution in [0.3, 0.4) is 0 Å². The summed E-state index contributed by atoms with van der Waals surface area (Å²) in [4.78, 5) is 19.8. The Labute approximate surface area is 148 Å². The highest BCUT2D eigenvalue weighted by Crippen LogP contribution is 2.23. The molecule has 0 saturated heterocycles. The first-order valence-electron chi connectivity index (χ1n) is 7.57. The predicted molar refractivity (Wildman–Crippen MR) is 89.3 cm³/mol. The number of aryl methyl sites for hydroxylation is 1. The van der Waals surface area contributed by atoms with Gasteiger partial charge in [-0.1, -0.05) is 29.8 Å². The second-order valence-corrected chi connectivity index (χ2v) is 5.64. The van der Waals surface area contributed by atoms with Gasteiger partial charge in [0.25, 0.3) is 0 Å². The fourth-order valence-corrected chi connectivity index (χ4v) is 2.26. The van der Waals surface area contributed by atoms with Gasteiger partial charge in [0.2, 0.25) is 0 Å². The number of carbonyl (C=O) groups excluding carboxylic acids is 1. The van der Waals surface area contributed by atoms with E-state index in [9.17, 15) is 9.18 Å². The molecular formula is C18H14ClFN2O3. The van der Waals surface area contributed by atoms with Gasteiger partial charge in [-0.15, -0.1) is 0 Å². The number of halogens is 2. The summed E-state index contributed by atoms with van der Waals surface area (Å²) >= 11 is 5.69. The van der Waals surface area contributed by atoms with Gasteiger partial charge in [0.05, 0.1) is 18.2 Å². The zero-order valence-electron chi connectivity index (χ0n) is 13.1. The molecule has 0 atom stereocenters. The molecular weight excluding hydrogens is 347 g/mol. The lowest BCUT2D eigenvalue weighted by Crippen LogP contribution is -2.06. The van der Waals surface area contributed by atoms with E-state index in [1.807, 2.05) is 0 Å². The van der Waals surface area contributed by atoms with Crippen molar-refractivity contribution in [1.82, 2.24) is 9.97 Å². The summed E-state index contributed by atoms with van der Waals surface area (Å²) in [5.74, 6) is -0.0983. The summed E-state index contributed by atoms with van der Waals surface area (Å²) in [6, 6.07) is 9.62. The number of benzene rings is 1. The van der Waals surface area contributed by atoms with Gasteiger partial charge in [-0.3, -0.25) is 4.79 Å². The maximum absolute atomic E-state index is 13.7. The predicted octanol–water partition coefficient (Wildman–Crippen LogP) is 4.21. The first-order valence-corrected chi connectivity index (χ1v) is 7.95. The molecule has 2 aromatic heterocycles. The summed E-state index contributed by atoms with van der Waals surface area (Å²) < 4.78 is 24.4. The maximum atomic E-state index is 13.7. The SMILES string of the molecule is O=C(CCc1ncc(-c2ccccc2F)o1)OCc1ccc(Cl)nc1. The van der Waals surface area contributed by atoms with Crippen molar-refractivity contribution in [3.63, 3.8) is 0 Å². The van der Waals surface area contributed by atoms with Crippen molar-refractivity contribution in [3.05, 3.63) is 71.2 Å². The number of aromatic nitrogens is 2. The van der Waals surface area contributed by atoms with E-state index in [1.165, 1.54) is 12.3 Å². The molecule has 7 heteroatoms. The topological polar surface area (TPSA) is 65.2 Å². The third-order valence-corrected chi connectivity index (χ3v) is 3.65. The van der Waals surface area contributed by atoms with E-state index in [4.69, 9.17) is 20.8 Å². The van der Waals surface area contributed by atoms with Gasteiger partial charge in [-0.2, -0.15) is 0 Å². The molecule has 25 heavy (non-hydrogen) atoms. The fraction of sp³-hybridized carbons (Fsp3) is 0.167. The number of esters is 1. The normalized spacial score (nSPS) is 10.6. The van der Waals surface area contributed by atoms with Crippen LogP contribution < -0.4 is 0 Å². The Morgan fingerprint density at radius 1 is 1.16 bits per heavy atom. The largest absolute Gasteiger partial charge is 0.461 e. The minimum atomic E-state index is -0.388. The Hall–Kier alpha value is -2.73. The van der Waals surface area contributed by atoms with Crippen LogP contribution in [0.2, 0.25) is 5.15 Å². The molecule has 3 rings (SSSR count). The van der Waals surface area contributed by atoms with Crippen molar-refractivity contribution < 1.29 is 18.3 Å². The first-order chi connectivity index (χ1) is 12.1. The first kappa shape index (κ1) is 17.1. The number of nitrogens with zero attached hydrogens (tertiary/aromatic N) is 2. The number of rotatable bonds is 6. The van der Waals surface area contributed by atoms with Crippen LogP contribution in [0.1, 0.15) is 17.9 Å². The monoisotopic (exact) mass is 360 g/mol. The maximum Gasteiger partial charge on any atom is 0.306 e. The van der Waals surface area contributed by atoms with Crippen LogP contribution in [-0.4, -0.2) is 15.9 Å². The summed E-state index contributed by atoms with van der Waals surface area (Å²) in [6.45, 7) is 0.120. The molecule has 0 N–H and O–H groups in total. The molecule has 1 aromatic carbocycles. The van der Waals surface area contributed by atoms with E-state index in [0.29, 0.717) is 22.4 Å². The van der Waals surface area contributed by atoms with E-state index in [0.717, 1.165) is 5.56 Å². The second kappa shape index (κ2) is 7.90. The average molecular weight is 361 g/mol. The second-order valence-electron chi connectivity index (χ2n) is 5.25. The molecule has 0 unspecified atom stereocenters. The van der Waals surface area contributed by atoms with Crippen LogP contribution in [0.15, 0.2) is 53.2 Å². The molecule has 0 saturated carbocycles. The number of pyridine rings is 1. The van der Waals surface area contributed by atoms with Crippen LogP contribution in [0.5, 0.6) is 0 Å². The molecule has 0 aliphatic carbocycles. The van der Waals surface area contributed by atoms with Crippen LogP contribution >= 0.6 is 11.6 Å². The Kier molecular flexibility index (Phi) is 5.40. The van der Waals surface area contributed by atoms with E-state index in [2.05, 4.69) is 9.97 Å². The van der Waals surface area contributed by atoms with E-state index >= 15 is 0 Å². The van der Waals surface area contributed by atoms with Crippen molar-refractivity contribution in [3.8, 4) is 11.3 Å². The van der Waals surface area contributed by atoms with Gasteiger partial charge in [0.1, 0.15) is 17.6 Å². The third kappa shape index (κ3) is 4.64. The zero-order chi connectivity index (χ0) is 17.6. The zero-order valence-corrected chi connectivity index (χ0v) is 13.9. The van der Waals surface area contributed by atoms with Crippen LogP contribution in [0.25, 0.3) is 11.3 Å². The van der Waals surface area contributed by atoms with Crippen molar-refractivity contribution in [2.75, 3.05) is 0 Å². The van der Waals surface area contributed by atoms with Gasteiger partial charge in [0, 0.05) is 18.2 Å². The molecule has 2 heterocycles. The van der Waals surface area contributed by atoms with Gasteiger partial charge in [0.15, 0.2) is 11.7 Å². The van der Waals surface area contributed by atoms with Gasteiger partial charge >= 0.3 is 5.97 Å². The van der Waals surface area contributed by atoms with Gasteiger partial charge in [-0.05, 0) is 18.2 Å². The third-order valence-electron chi connectivity index (χ3n) is 3.42. The fourth-order valence-electron chi connectivity index (χ4n) is 2.15. The number of ether oxygens (including phenoxy) is 1. The molecule has 0 spiro atoms. The molecule has 0 aliphatic heterocycles. The molecule has 0 aliphatic rings. The summed E-state index contributed by atoms with van der Waals surface area (Å²) in [7, 11) is 0. The molecule has 0 radical (unpaired) electrons. The summed E-state index contributed by atoms with van der Waals surface area (Å²) in [6.07, 6.45) is 3.37. The Bertz CT molecular complexity index is 865. The van der Waals surface area contributed by atoms with Crippen molar-refractivity contribution >= 4 is 17.6 Å². The lowest BCUT2D eigenvalue weighted by molar-refractivity contribution is -0.145. The smallest absolute Gasteiger partial charge is 0.306 e. The highest BCUT2D eigenvalue weighted by atomic mass is 35.5. The van der Waals surface area contributed by atoms with Gasteiger partial charge in [-0.25, -0.2) is 14.4 Å². The van der Waals surface area contributed by atoms with Crippen molar-refractivity contribution in [2.24, 2.45) is 0 Å². The lowest BCUT2D eigenvalue weighted by Gasteiger charge is -2.04. The van der Waals surface area contributed by atoms with E-state index in [1.54, 1.807) is 36.5 Å². The molecule has 5 nitrogen and oxygen atoms in total. The molecule has 0 amide bonds. The number of oxazole rings is 1. The van der Waals surface area contributed by atoms with Gasteiger partial charge < -0.3 is 9.15 Å². The minimum Gasteiger partial charge on any atom is -0.461 e. The molecule has 0 fully saturated rings. The number of hydrogen-bond donors (Lipinski definition) is 0. The Morgan fingerprint density at radius 3 is 2.76 bits per heavy atom.